The molecule has 0 spiro atoms. The van der Waals surface area contributed by atoms with Crippen LogP contribution in [-0.4, -0.2) is 29.8 Å². The summed E-state index contributed by atoms with van der Waals surface area (Å²) in [7, 11) is 0. The molecule has 0 aromatic rings. The van der Waals surface area contributed by atoms with Crippen molar-refractivity contribution in [1.29, 1.82) is 5.26 Å². The Morgan fingerprint density at radius 3 is 2.79 bits per heavy atom. The fraction of sp³-hybridized carbons (Fsp3) is 0.875. The second-order valence-electron chi connectivity index (χ2n) is 6.81. The largest absolute Gasteiger partial charge is 0.300 e. The summed E-state index contributed by atoms with van der Waals surface area (Å²) in [5.41, 5.74) is -0.246. The van der Waals surface area contributed by atoms with Crippen LogP contribution in [-0.2, 0) is 4.79 Å². The van der Waals surface area contributed by atoms with Gasteiger partial charge in [0.25, 0.3) is 0 Å². The lowest BCUT2D eigenvalue weighted by molar-refractivity contribution is -0.126. The maximum absolute atomic E-state index is 12.1. The van der Waals surface area contributed by atoms with Crippen molar-refractivity contribution in [2.24, 2.45) is 11.3 Å². The summed E-state index contributed by atoms with van der Waals surface area (Å²) < 4.78 is 0. The van der Waals surface area contributed by atoms with Crippen LogP contribution in [0.2, 0.25) is 0 Å². The molecule has 0 aromatic heterocycles. The molecule has 0 radical (unpaired) electrons. The molecule has 2 aliphatic rings. The number of carbonyl (C=O) groups excluding carboxylic acids is 1. The number of hydrogen-bond donors (Lipinski definition) is 0. The minimum absolute atomic E-state index is 0.246. The number of carbonyl (C=O) groups is 1. The fourth-order valence-corrected chi connectivity index (χ4v) is 3.48. The van der Waals surface area contributed by atoms with E-state index in [0.717, 1.165) is 38.8 Å². The van der Waals surface area contributed by atoms with Crippen LogP contribution in [0, 0.1) is 22.7 Å². The van der Waals surface area contributed by atoms with Gasteiger partial charge in [0.15, 0.2) is 0 Å². The molecule has 3 nitrogen and oxygen atoms in total. The molecule has 106 valence electrons. The highest BCUT2D eigenvalue weighted by molar-refractivity contribution is 5.82. The van der Waals surface area contributed by atoms with Crippen LogP contribution in [0.4, 0.5) is 0 Å². The predicted octanol–water partition coefficient (Wildman–Crippen LogP) is 3.15. The second kappa shape index (κ2) is 6.05. The number of Topliss-reactive ketones (excluding diaryl/α,β-unsaturated/α-hetero) is 1. The molecule has 1 aliphatic heterocycles. The first-order chi connectivity index (χ1) is 9.03. The van der Waals surface area contributed by atoms with E-state index in [1.807, 2.05) is 13.8 Å². The van der Waals surface area contributed by atoms with Crippen molar-refractivity contribution < 1.29 is 4.79 Å². The number of nitrogens with zero attached hydrogens (tertiary/aromatic N) is 2. The van der Waals surface area contributed by atoms with Crippen molar-refractivity contribution in [3.05, 3.63) is 0 Å². The summed E-state index contributed by atoms with van der Waals surface area (Å²) in [6.07, 6.45) is 7.46. The third kappa shape index (κ3) is 3.57. The average Bonchev–Trinajstić information content (AvgIpc) is 2.85. The number of likely N-dealkylation sites (tertiary alicyclic amines) is 1. The molecule has 2 unspecified atom stereocenters. The Morgan fingerprint density at radius 2 is 2.11 bits per heavy atom. The lowest BCUT2D eigenvalue weighted by Gasteiger charge is -2.34. The van der Waals surface area contributed by atoms with Crippen molar-refractivity contribution >= 4 is 5.78 Å². The highest BCUT2D eigenvalue weighted by Gasteiger charge is 2.36. The SMILES string of the molecule is CC(C)(C#N)CCN1CCCC1C1CCCCC1=O. The summed E-state index contributed by atoms with van der Waals surface area (Å²) in [5.74, 6) is 0.768. The molecule has 2 atom stereocenters. The van der Waals surface area contributed by atoms with E-state index in [1.54, 1.807) is 0 Å². The van der Waals surface area contributed by atoms with Crippen LogP contribution in [0.1, 0.15) is 58.8 Å². The zero-order valence-electron chi connectivity index (χ0n) is 12.3. The Kier molecular flexibility index (Phi) is 4.62. The van der Waals surface area contributed by atoms with E-state index in [-0.39, 0.29) is 11.3 Å². The van der Waals surface area contributed by atoms with Gasteiger partial charge in [-0.15, -0.1) is 0 Å². The second-order valence-corrected chi connectivity index (χ2v) is 6.81. The van der Waals surface area contributed by atoms with Crippen molar-refractivity contribution in [3.8, 4) is 6.07 Å². The first-order valence-corrected chi connectivity index (χ1v) is 7.71. The fourth-order valence-electron chi connectivity index (χ4n) is 3.48. The molecule has 1 saturated carbocycles. The van der Waals surface area contributed by atoms with Gasteiger partial charge < -0.3 is 0 Å². The Balaban J connectivity index is 1.93. The van der Waals surface area contributed by atoms with Crippen molar-refractivity contribution in [2.75, 3.05) is 13.1 Å². The molecule has 0 N–H and O–H groups in total. The third-order valence-corrected chi connectivity index (χ3v) is 4.81. The Hall–Kier alpha value is -0.880. The molecule has 1 saturated heterocycles. The highest BCUT2D eigenvalue weighted by Crippen LogP contribution is 2.33. The summed E-state index contributed by atoms with van der Waals surface area (Å²) in [5, 5.41) is 9.10. The van der Waals surface area contributed by atoms with Gasteiger partial charge in [0.1, 0.15) is 5.78 Å². The van der Waals surface area contributed by atoms with E-state index >= 15 is 0 Å². The van der Waals surface area contributed by atoms with E-state index in [0.29, 0.717) is 11.8 Å². The van der Waals surface area contributed by atoms with Crippen LogP contribution >= 0.6 is 0 Å². The van der Waals surface area contributed by atoms with Crippen LogP contribution in [0.25, 0.3) is 0 Å². The van der Waals surface area contributed by atoms with Crippen molar-refractivity contribution in [3.63, 3.8) is 0 Å². The standard InChI is InChI=1S/C16H26N2O/c1-16(2,12-17)9-11-18-10-5-7-14(18)13-6-3-4-8-15(13)19/h13-14H,3-11H2,1-2H3. The van der Waals surface area contributed by atoms with Gasteiger partial charge in [-0.2, -0.15) is 5.26 Å². The minimum Gasteiger partial charge on any atom is -0.300 e. The zero-order valence-corrected chi connectivity index (χ0v) is 12.3. The van der Waals surface area contributed by atoms with Crippen LogP contribution in [0.15, 0.2) is 0 Å². The molecule has 0 aromatic carbocycles. The van der Waals surface area contributed by atoms with E-state index in [9.17, 15) is 4.79 Å². The summed E-state index contributed by atoms with van der Waals surface area (Å²) >= 11 is 0. The number of rotatable bonds is 4. The van der Waals surface area contributed by atoms with Crippen LogP contribution in [0.5, 0.6) is 0 Å². The molecular weight excluding hydrogens is 236 g/mol. The lowest BCUT2D eigenvalue weighted by atomic mass is 9.81. The number of nitriles is 1. The quantitative estimate of drug-likeness (QED) is 0.781. The van der Waals surface area contributed by atoms with E-state index in [4.69, 9.17) is 5.26 Å². The maximum atomic E-state index is 12.1. The molecule has 2 rings (SSSR count). The highest BCUT2D eigenvalue weighted by atomic mass is 16.1. The van der Waals surface area contributed by atoms with Crippen LogP contribution < -0.4 is 0 Å². The topological polar surface area (TPSA) is 44.1 Å². The maximum Gasteiger partial charge on any atom is 0.137 e. The Bertz CT molecular complexity index is 369. The number of ketones is 1. The van der Waals surface area contributed by atoms with Gasteiger partial charge >= 0.3 is 0 Å². The normalized spacial score (nSPS) is 29.4. The first-order valence-electron chi connectivity index (χ1n) is 7.71. The molecule has 1 aliphatic carbocycles. The van der Waals surface area contributed by atoms with Gasteiger partial charge in [0.2, 0.25) is 0 Å². The van der Waals surface area contributed by atoms with Crippen LogP contribution in [0.3, 0.4) is 0 Å². The lowest BCUT2D eigenvalue weighted by Crippen LogP contribution is -2.41. The smallest absolute Gasteiger partial charge is 0.137 e. The third-order valence-electron chi connectivity index (χ3n) is 4.81. The monoisotopic (exact) mass is 262 g/mol. The van der Waals surface area contributed by atoms with Crippen molar-refractivity contribution in [1.82, 2.24) is 4.90 Å². The van der Waals surface area contributed by atoms with Gasteiger partial charge in [-0.05, 0) is 59.0 Å². The first kappa shape index (κ1) is 14.5. The summed E-state index contributed by atoms with van der Waals surface area (Å²) in [4.78, 5) is 14.6. The van der Waals surface area contributed by atoms with Crippen molar-refractivity contribution in [2.45, 2.75) is 64.8 Å². The average molecular weight is 262 g/mol. The predicted molar refractivity (Wildman–Crippen MR) is 75.6 cm³/mol. The molecule has 1 heterocycles. The molecule has 19 heavy (non-hydrogen) atoms. The molecule has 3 heteroatoms. The Morgan fingerprint density at radius 1 is 1.32 bits per heavy atom. The van der Waals surface area contributed by atoms with E-state index in [1.165, 1.54) is 19.3 Å². The summed E-state index contributed by atoms with van der Waals surface area (Å²) in [6, 6.07) is 2.84. The van der Waals surface area contributed by atoms with E-state index in [2.05, 4.69) is 11.0 Å². The van der Waals surface area contributed by atoms with E-state index < -0.39 is 0 Å². The van der Waals surface area contributed by atoms with Gasteiger partial charge in [0.05, 0.1) is 11.5 Å². The summed E-state index contributed by atoms with van der Waals surface area (Å²) in [6.45, 7) is 6.08. The zero-order chi connectivity index (χ0) is 13.9. The molecular formula is C16H26N2O. The molecule has 2 fully saturated rings. The van der Waals surface area contributed by atoms with Gasteiger partial charge in [-0.25, -0.2) is 0 Å². The Labute approximate surface area is 117 Å². The number of hydrogen-bond acceptors (Lipinski definition) is 3. The molecule has 0 bridgehead atoms. The minimum atomic E-state index is -0.246. The van der Waals surface area contributed by atoms with Gasteiger partial charge in [-0.3, -0.25) is 9.69 Å². The molecule has 0 amide bonds. The van der Waals surface area contributed by atoms with Gasteiger partial charge in [-0.1, -0.05) is 6.42 Å². The van der Waals surface area contributed by atoms with Gasteiger partial charge in [0, 0.05) is 18.4 Å².